The Morgan fingerprint density at radius 1 is 0.880 bits per heavy atom. The zero-order valence-corrected chi connectivity index (χ0v) is 14.9. The second kappa shape index (κ2) is 8.99. The Labute approximate surface area is 148 Å². The Balaban J connectivity index is 2.31. The van der Waals surface area contributed by atoms with Crippen molar-refractivity contribution in [2.24, 2.45) is 5.92 Å². The topological polar surface area (TPSA) is 74.8 Å². The van der Waals surface area contributed by atoms with E-state index < -0.39 is 12.1 Å². The summed E-state index contributed by atoms with van der Waals surface area (Å²) in [5.41, 5.74) is 2.02. The third kappa shape index (κ3) is 5.16. The Bertz CT molecular complexity index is 687. The highest BCUT2D eigenvalue weighted by Gasteiger charge is 2.31. The minimum atomic E-state index is -0.508. The van der Waals surface area contributed by atoms with Crippen LogP contribution in [0.2, 0.25) is 0 Å². The lowest BCUT2D eigenvalue weighted by Gasteiger charge is -2.25. The summed E-state index contributed by atoms with van der Waals surface area (Å²) in [5, 5.41) is 6.86. The fraction of sp³-hybridized carbons (Fsp3) is 0.300. The van der Waals surface area contributed by atoms with Crippen molar-refractivity contribution in [3.8, 4) is 0 Å². The van der Waals surface area contributed by atoms with E-state index in [0.29, 0.717) is 5.92 Å². The molecule has 25 heavy (non-hydrogen) atoms. The summed E-state index contributed by atoms with van der Waals surface area (Å²) in [6, 6.07) is 18.7. The predicted octanol–water partition coefficient (Wildman–Crippen LogP) is 2.14. The van der Waals surface area contributed by atoms with Crippen LogP contribution in [-0.2, 0) is 4.79 Å². The van der Waals surface area contributed by atoms with Crippen molar-refractivity contribution >= 4 is 11.9 Å². The number of rotatable bonds is 6. The van der Waals surface area contributed by atoms with Gasteiger partial charge in [0.1, 0.15) is 6.04 Å². The molecule has 0 aromatic heterocycles. The SMILES string of the molecule is CNC(=O)NC(=O)[C@@H]([NH2+][C@@H](c1ccccc1)C(C)C)c1ccccc1. The van der Waals surface area contributed by atoms with Crippen LogP contribution in [0, 0.1) is 5.92 Å². The molecule has 5 nitrogen and oxygen atoms in total. The molecule has 3 amide bonds. The number of carbonyl (C=O) groups excluding carboxylic acids is 2. The van der Waals surface area contributed by atoms with Gasteiger partial charge in [-0.3, -0.25) is 10.1 Å². The van der Waals surface area contributed by atoms with Crippen LogP contribution in [0.15, 0.2) is 60.7 Å². The fourth-order valence-electron chi connectivity index (χ4n) is 2.86. The first kappa shape index (κ1) is 18.7. The van der Waals surface area contributed by atoms with Crippen molar-refractivity contribution in [2.45, 2.75) is 25.9 Å². The van der Waals surface area contributed by atoms with Gasteiger partial charge in [0.05, 0.1) is 0 Å². The van der Waals surface area contributed by atoms with Gasteiger partial charge in [-0.1, -0.05) is 74.5 Å². The van der Waals surface area contributed by atoms with E-state index in [-0.39, 0.29) is 11.9 Å². The van der Waals surface area contributed by atoms with Gasteiger partial charge in [-0.05, 0) is 0 Å². The molecule has 4 N–H and O–H groups in total. The zero-order valence-electron chi connectivity index (χ0n) is 14.9. The molecule has 2 aromatic carbocycles. The Hall–Kier alpha value is -2.66. The molecule has 0 bridgehead atoms. The smallest absolute Gasteiger partial charge is 0.321 e. The van der Waals surface area contributed by atoms with Crippen molar-refractivity contribution in [1.82, 2.24) is 10.6 Å². The molecule has 0 aliphatic heterocycles. The van der Waals surface area contributed by atoms with Crippen LogP contribution in [0.4, 0.5) is 4.79 Å². The van der Waals surface area contributed by atoms with Crippen LogP contribution in [-0.4, -0.2) is 19.0 Å². The van der Waals surface area contributed by atoms with Crippen LogP contribution in [0.25, 0.3) is 0 Å². The molecule has 0 heterocycles. The van der Waals surface area contributed by atoms with E-state index in [2.05, 4.69) is 36.6 Å². The van der Waals surface area contributed by atoms with E-state index in [1.165, 1.54) is 7.05 Å². The maximum atomic E-state index is 12.7. The summed E-state index contributed by atoms with van der Waals surface area (Å²) in [6.45, 7) is 4.26. The maximum Gasteiger partial charge on any atom is 0.321 e. The number of carbonyl (C=O) groups is 2. The first-order valence-electron chi connectivity index (χ1n) is 8.50. The van der Waals surface area contributed by atoms with Gasteiger partial charge in [0, 0.05) is 24.1 Å². The maximum absolute atomic E-state index is 12.7. The quantitative estimate of drug-likeness (QED) is 0.754. The van der Waals surface area contributed by atoms with E-state index in [9.17, 15) is 9.59 Å². The van der Waals surface area contributed by atoms with Crippen LogP contribution >= 0.6 is 0 Å². The molecule has 132 valence electrons. The van der Waals surface area contributed by atoms with Gasteiger partial charge in [-0.15, -0.1) is 0 Å². The molecule has 2 rings (SSSR count). The second-order valence-electron chi connectivity index (χ2n) is 6.33. The van der Waals surface area contributed by atoms with Gasteiger partial charge >= 0.3 is 6.03 Å². The third-order valence-electron chi connectivity index (χ3n) is 4.21. The highest BCUT2D eigenvalue weighted by atomic mass is 16.2. The largest absolute Gasteiger partial charge is 0.341 e. The van der Waals surface area contributed by atoms with Crippen molar-refractivity contribution in [2.75, 3.05) is 7.05 Å². The summed E-state index contributed by atoms with van der Waals surface area (Å²) < 4.78 is 0. The molecule has 0 saturated heterocycles. The van der Waals surface area contributed by atoms with E-state index in [0.717, 1.165) is 11.1 Å². The number of urea groups is 1. The molecule has 0 aliphatic rings. The summed E-state index contributed by atoms with van der Waals surface area (Å²) in [4.78, 5) is 24.3. The van der Waals surface area contributed by atoms with Gasteiger partial charge < -0.3 is 10.6 Å². The summed E-state index contributed by atoms with van der Waals surface area (Å²) >= 11 is 0. The second-order valence-corrected chi connectivity index (χ2v) is 6.33. The Morgan fingerprint density at radius 3 is 1.88 bits per heavy atom. The molecular weight excluding hydrogens is 314 g/mol. The number of amides is 3. The van der Waals surface area contributed by atoms with Crippen molar-refractivity contribution in [1.29, 1.82) is 0 Å². The number of nitrogens with one attached hydrogen (secondary N) is 2. The fourth-order valence-corrected chi connectivity index (χ4v) is 2.86. The number of nitrogens with two attached hydrogens (primary N) is 1. The Kier molecular flexibility index (Phi) is 6.71. The standard InChI is InChI=1S/C20H25N3O2/c1-14(2)17(15-10-6-4-7-11-15)22-18(16-12-8-5-9-13-16)19(24)23-20(25)21-3/h4-14,17-18,22H,1-3H3,(H2,21,23,24,25)/p+1/t17-,18+/m1/s1. The number of benzene rings is 2. The van der Waals surface area contributed by atoms with E-state index in [1.807, 2.05) is 53.8 Å². The first-order valence-corrected chi connectivity index (χ1v) is 8.50. The molecule has 0 radical (unpaired) electrons. The van der Waals surface area contributed by atoms with Gasteiger partial charge in [-0.25, -0.2) is 4.79 Å². The van der Waals surface area contributed by atoms with Crippen LogP contribution in [0.3, 0.4) is 0 Å². The van der Waals surface area contributed by atoms with Crippen LogP contribution in [0.1, 0.15) is 37.1 Å². The minimum absolute atomic E-state index is 0.0989. The molecule has 2 aromatic rings. The average Bonchev–Trinajstić information content (AvgIpc) is 2.63. The summed E-state index contributed by atoms with van der Waals surface area (Å²) in [7, 11) is 1.49. The molecule has 0 fully saturated rings. The number of hydrogen-bond donors (Lipinski definition) is 3. The Morgan fingerprint density at radius 2 is 1.40 bits per heavy atom. The van der Waals surface area contributed by atoms with Gasteiger partial charge in [0.15, 0.2) is 6.04 Å². The van der Waals surface area contributed by atoms with Crippen molar-refractivity contribution in [3.63, 3.8) is 0 Å². The normalized spacial score (nSPS) is 13.1. The van der Waals surface area contributed by atoms with E-state index in [4.69, 9.17) is 0 Å². The minimum Gasteiger partial charge on any atom is -0.341 e. The molecule has 0 aliphatic carbocycles. The van der Waals surface area contributed by atoms with Crippen molar-refractivity contribution < 1.29 is 14.9 Å². The first-order chi connectivity index (χ1) is 12.0. The average molecular weight is 340 g/mol. The molecular formula is C20H26N3O2+. The highest BCUT2D eigenvalue weighted by molar-refractivity contribution is 5.96. The van der Waals surface area contributed by atoms with Crippen LogP contribution < -0.4 is 16.0 Å². The lowest BCUT2D eigenvalue weighted by atomic mass is 9.94. The van der Waals surface area contributed by atoms with Gasteiger partial charge in [-0.2, -0.15) is 0 Å². The summed E-state index contributed by atoms with van der Waals surface area (Å²) in [5.74, 6) is -0.00598. The van der Waals surface area contributed by atoms with Crippen molar-refractivity contribution in [3.05, 3.63) is 71.8 Å². The third-order valence-corrected chi connectivity index (χ3v) is 4.21. The highest BCUT2D eigenvalue weighted by Crippen LogP contribution is 2.19. The van der Waals surface area contributed by atoms with E-state index in [1.54, 1.807) is 0 Å². The molecule has 0 unspecified atom stereocenters. The lowest BCUT2D eigenvalue weighted by Crippen LogP contribution is -2.89. The van der Waals surface area contributed by atoms with Crippen LogP contribution in [0.5, 0.6) is 0 Å². The molecule has 0 spiro atoms. The predicted molar refractivity (Wildman–Crippen MR) is 97.7 cm³/mol. The summed E-state index contributed by atoms with van der Waals surface area (Å²) in [6.07, 6.45) is 0. The zero-order chi connectivity index (χ0) is 18.2. The number of hydrogen-bond acceptors (Lipinski definition) is 2. The molecule has 2 atom stereocenters. The molecule has 5 heteroatoms. The number of quaternary nitrogens is 1. The van der Waals surface area contributed by atoms with Gasteiger partial charge in [0.25, 0.3) is 5.91 Å². The number of imide groups is 1. The molecule has 0 saturated carbocycles. The van der Waals surface area contributed by atoms with E-state index >= 15 is 0 Å². The monoisotopic (exact) mass is 340 g/mol. The van der Waals surface area contributed by atoms with Gasteiger partial charge in [0.2, 0.25) is 0 Å². The lowest BCUT2D eigenvalue weighted by molar-refractivity contribution is -0.728.